The summed E-state index contributed by atoms with van der Waals surface area (Å²) in [5.74, 6) is 6.25. The van der Waals surface area contributed by atoms with E-state index in [4.69, 9.17) is 0 Å². The maximum Gasteiger partial charge on any atom is 0.0894 e. The van der Waals surface area contributed by atoms with E-state index < -0.39 is 0 Å². The minimum Gasteiger partial charge on any atom is -0.251 e. The van der Waals surface area contributed by atoms with Gasteiger partial charge < -0.3 is 0 Å². The zero-order valence-electron chi connectivity index (χ0n) is 21.6. The summed E-state index contributed by atoms with van der Waals surface area (Å²) >= 11 is 0. The van der Waals surface area contributed by atoms with Crippen LogP contribution in [0.4, 0.5) is 4.39 Å². The first-order valence-electron chi connectivity index (χ1n) is 14.9. The van der Waals surface area contributed by atoms with E-state index >= 15 is 0 Å². The summed E-state index contributed by atoms with van der Waals surface area (Å²) in [6.07, 6.45) is 25.0. The quantitative estimate of drug-likeness (QED) is 0.309. The van der Waals surface area contributed by atoms with Gasteiger partial charge in [-0.2, -0.15) is 0 Å². The van der Waals surface area contributed by atoms with E-state index in [1.165, 1.54) is 68.9 Å². The Balaban J connectivity index is 1.11. The SMILES string of the molecule is CCC1CCC(C2CCC(C3CCC(CCc4ccc(CCCCF)cc4)CC3)CC2)CC1. The van der Waals surface area contributed by atoms with Crippen LogP contribution in [0.1, 0.15) is 121 Å². The second kappa shape index (κ2) is 13.3. The van der Waals surface area contributed by atoms with Gasteiger partial charge in [-0.05, 0) is 130 Å². The predicted molar refractivity (Wildman–Crippen MR) is 140 cm³/mol. The Morgan fingerprint density at radius 2 is 1.00 bits per heavy atom. The summed E-state index contributed by atoms with van der Waals surface area (Å²) in [5, 5.41) is 0. The van der Waals surface area contributed by atoms with Crippen molar-refractivity contribution in [2.45, 2.75) is 122 Å². The molecule has 0 atom stereocenters. The van der Waals surface area contributed by atoms with Crippen molar-refractivity contribution in [2.75, 3.05) is 6.67 Å². The van der Waals surface area contributed by atoms with Crippen LogP contribution >= 0.6 is 0 Å². The number of alkyl halides is 1. The maximum absolute atomic E-state index is 12.3. The average molecular weight is 455 g/mol. The number of hydrogen-bond acceptors (Lipinski definition) is 0. The van der Waals surface area contributed by atoms with Gasteiger partial charge in [0.05, 0.1) is 6.67 Å². The molecule has 0 spiro atoms. The van der Waals surface area contributed by atoms with Crippen LogP contribution in [0.15, 0.2) is 24.3 Å². The highest BCUT2D eigenvalue weighted by Crippen LogP contribution is 2.46. The molecule has 3 fully saturated rings. The van der Waals surface area contributed by atoms with Crippen LogP contribution in [0.25, 0.3) is 0 Å². The van der Waals surface area contributed by atoms with Crippen molar-refractivity contribution in [1.29, 1.82) is 0 Å². The summed E-state index contributed by atoms with van der Waals surface area (Å²) < 4.78 is 12.3. The molecule has 0 aromatic heterocycles. The summed E-state index contributed by atoms with van der Waals surface area (Å²) in [5.41, 5.74) is 2.87. The van der Waals surface area contributed by atoms with Crippen molar-refractivity contribution >= 4 is 0 Å². The van der Waals surface area contributed by atoms with Crippen LogP contribution in [0.5, 0.6) is 0 Å². The Morgan fingerprint density at radius 3 is 1.45 bits per heavy atom. The lowest BCUT2D eigenvalue weighted by Crippen LogP contribution is -2.29. The fourth-order valence-corrected chi connectivity index (χ4v) is 7.77. The molecule has 4 rings (SSSR count). The van der Waals surface area contributed by atoms with E-state index in [0.29, 0.717) is 6.42 Å². The second-order valence-corrected chi connectivity index (χ2v) is 12.1. The first-order chi connectivity index (χ1) is 16.2. The van der Waals surface area contributed by atoms with Crippen LogP contribution in [-0.4, -0.2) is 6.67 Å². The molecule has 186 valence electrons. The predicted octanol–water partition coefficient (Wildman–Crippen LogP) is 9.74. The monoisotopic (exact) mass is 454 g/mol. The lowest BCUT2D eigenvalue weighted by molar-refractivity contribution is 0.103. The third-order valence-electron chi connectivity index (χ3n) is 10.2. The van der Waals surface area contributed by atoms with Gasteiger partial charge in [-0.3, -0.25) is 4.39 Å². The highest BCUT2D eigenvalue weighted by molar-refractivity contribution is 5.22. The Bertz CT molecular complexity index is 640. The van der Waals surface area contributed by atoms with Crippen molar-refractivity contribution in [3.05, 3.63) is 35.4 Å². The van der Waals surface area contributed by atoms with Crippen LogP contribution in [0.3, 0.4) is 0 Å². The second-order valence-electron chi connectivity index (χ2n) is 12.1. The van der Waals surface area contributed by atoms with Crippen LogP contribution in [0.2, 0.25) is 0 Å². The highest BCUT2D eigenvalue weighted by atomic mass is 19.1. The molecule has 0 amide bonds. The molecule has 0 N–H and O–H groups in total. The van der Waals surface area contributed by atoms with Crippen molar-refractivity contribution in [3.63, 3.8) is 0 Å². The number of rotatable bonds is 10. The first kappa shape index (κ1) is 25.2. The molecule has 0 bridgehead atoms. The molecule has 33 heavy (non-hydrogen) atoms. The topological polar surface area (TPSA) is 0 Å². The van der Waals surface area contributed by atoms with Gasteiger partial charge in [0.25, 0.3) is 0 Å². The minimum absolute atomic E-state index is 0.179. The number of unbranched alkanes of at least 4 members (excludes halogenated alkanes) is 1. The Kier molecular flexibility index (Phi) is 10.2. The zero-order chi connectivity index (χ0) is 22.9. The van der Waals surface area contributed by atoms with Crippen molar-refractivity contribution in [3.8, 4) is 0 Å². The lowest BCUT2D eigenvalue weighted by atomic mass is 9.64. The van der Waals surface area contributed by atoms with Gasteiger partial charge >= 0.3 is 0 Å². The zero-order valence-corrected chi connectivity index (χ0v) is 21.6. The fourth-order valence-electron chi connectivity index (χ4n) is 7.77. The first-order valence-corrected chi connectivity index (χ1v) is 14.9. The molecular weight excluding hydrogens is 403 g/mol. The molecule has 0 heterocycles. The number of aryl methyl sites for hydroxylation is 2. The van der Waals surface area contributed by atoms with Crippen LogP contribution in [0, 0.1) is 35.5 Å². The molecule has 0 aliphatic heterocycles. The van der Waals surface area contributed by atoms with E-state index in [0.717, 1.165) is 48.3 Å². The highest BCUT2D eigenvalue weighted by Gasteiger charge is 2.34. The normalized spacial score (nSPS) is 33.2. The average Bonchev–Trinajstić information content (AvgIpc) is 2.89. The van der Waals surface area contributed by atoms with Gasteiger partial charge in [-0.15, -0.1) is 0 Å². The molecule has 3 aliphatic carbocycles. The molecular formula is C32H51F. The van der Waals surface area contributed by atoms with E-state index in [9.17, 15) is 4.39 Å². The molecule has 1 aromatic carbocycles. The summed E-state index contributed by atoms with van der Waals surface area (Å²) in [7, 11) is 0. The maximum atomic E-state index is 12.3. The molecule has 3 saturated carbocycles. The molecule has 1 aromatic rings. The van der Waals surface area contributed by atoms with Gasteiger partial charge in [0.15, 0.2) is 0 Å². The van der Waals surface area contributed by atoms with Crippen molar-refractivity contribution < 1.29 is 4.39 Å². The van der Waals surface area contributed by atoms with Gasteiger partial charge in [-0.25, -0.2) is 0 Å². The fraction of sp³-hybridized carbons (Fsp3) is 0.812. The standard InChI is InChI=1S/C32H51F/c1-2-25-12-16-29(17-13-25)31-20-22-32(23-21-31)30-18-14-28(15-19-30)11-10-27-8-6-26(7-9-27)5-3-4-24-33/h6-9,25,28-32H,2-5,10-24H2,1H3. The van der Waals surface area contributed by atoms with Crippen LogP contribution < -0.4 is 0 Å². The van der Waals surface area contributed by atoms with Crippen molar-refractivity contribution in [2.24, 2.45) is 35.5 Å². The molecule has 0 saturated heterocycles. The third kappa shape index (κ3) is 7.57. The number of hydrogen-bond donors (Lipinski definition) is 0. The van der Waals surface area contributed by atoms with E-state index in [-0.39, 0.29) is 6.67 Å². The van der Waals surface area contributed by atoms with Gasteiger partial charge in [-0.1, -0.05) is 63.3 Å². The molecule has 0 nitrogen and oxygen atoms in total. The molecule has 0 radical (unpaired) electrons. The van der Waals surface area contributed by atoms with Crippen molar-refractivity contribution in [1.82, 2.24) is 0 Å². The molecule has 3 aliphatic rings. The largest absolute Gasteiger partial charge is 0.251 e. The number of benzene rings is 1. The summed E-state index contributed by atoms with van der Waals surface area (Å²) in [4.78, 5) is 0. The van der Waals surface area contributed by atoms with E-state index in [1.807, 2.05) is 0 Å². The summed E-state index contributed by atoms with van der Waals surface area (Å²) in [6, 6.07) is 9.19. The smallest absolute Gasteiger partial charge is 0.0894 e. The van der Waals surface area contributed by atoms with Gasteiger partial charge in [0.2, 0.25) is 0 Å². The molecule has 0 unspecified atom stereocenters. The van der Waals surface area contributed by atoms with E-state index in [1.54, 1.807) is 38.5 Å². The Morgan fingerprint density at radius 1 is 0.576 bits per heavy atom. The summed E-state index contributed by atoms with van der Waals surface area (Å²) in [6.45, 7) is 2.21. The van der Waals surface area contributed by atoms with Gasteiger partial charge in [0, 0.05) is 0 Å². The number of halogens is 1. The lowest BCUT2D eigenvalue weighted by Gasteiger charge is -2.41. The Hall–Kier alpha value is -0.850. The minimum atomic E-state index is -0.179. The third-order valence-corrected chi connectivity index (χ3v) is 10.2. The van der Waals surface area contributed by atoms with Gasteiger partial charge in [0.1, 0.15) is 0 Å². The van der Waals surface area contributed by atoms with Crippen LogP contribution in [-0.2, 0) is 12.8 Å². The molecule has 1 heteroatoms. The van der Waals surface area contributed by atoms with E-state index in [2.05, 4.69) is 31.2 Å². The Labute approximate surface area is 204 Å².